The molecule has 0 heterocycles. The second-order valence-corrected chi connectivity index (χ2v) is 6.02. The fourth-order valence-electron chi connectivity index (χ4n) is 1.52. The van der Waals surface area contributed by atoms with Gasteiger partial charge in [0.2, 0.25) is 11.8 Å². The van der Waals surface area contributed by atoms with Crippen molar-refractivity contribution in [2.75, 3.05) is 39.5 Å². The number of hydrogen-bond donors (Lipinski definition) is 2. The first-order valence-electron chi connectivity index (χ1n) is 8.54. The average Bonchev–Trinajstić information content (AvgIpc) is 2.49. The van der Waals surface area contributed by atoms with Gasteiger partial charge in [-0.15, -0.1) is 0 Å². The molecule has 0 unspecified atom stereocenters. The van der Waals surface area contributed by atoms with Gasteiger partial charge in [-0.3, -0.25) is 9.59 Å². The van der Waals surface area contributed by atoms with Crippen LogP contribution in [0.4, 0.5) is 0 Å². The first-order valence-corrected chi connectivity index (χ1v) is 8.54. The largest absolute Gasteiger partial charge is 0.377 e. The molecule has 0 fully saturated rings. The Morgan fingerprint density at radius 3 is 1.70 bits per heavy atom. The maximum absolute atomic E-state index is 11.5. The molecule has 0 aromatic heterocycles. The molecule has 0 spiro atoms. The van der Waals surface area contributed by atoms with Crippen LogP contribution in [-0.2, 0) is 19.1 Å². The summed E-state index contributed by atoms with van der Waals surface area (Å²) >= 11 is 0. The number of carbonyl (C=O) groups is 2. The quantitative estimate of drug-likeness (QED) is 0.569. The summed E-state index contributed by atoms with van der Waals surface area (Å²) in [6.45, 7) is 14.9. The zero-order valence-electron chi connectivity index (χ0n) is 15.8. The predicted octanol–water partition coefficient (Wildman–Crippen LogP) is 2.62. The van der Waals surface area contributed by atoms with Crippen molar-refractivity contribution in [2.45, 2.75) is 54.4 Å². The van der Waals surface area contributed by atoms with Gasteiger partial charge in [0.05, 0.1) is 26.4 Å². The number of hydrogen-bond acceptors (Lipinski definition) is 4. The van der Waals surface area contributed by atoms with Gasteiger partial charge in [0.1, 0.15) is 0 Å². The Hall–Kier alpha value is -1.14. The van der Waals surface area contributed by atoms with Gasteiger partial charge in [0.25, 0.3) is 0 Å². The van der Waals surface area contributed by atoms with Crippen LogP contribution in [0.25, 0.3) is 0 Å². The highest BCUT2D eigenvalue weighted by Crippen LogP contribution is 2.17. The minimum absolute atomic E-state index is 0. The zero-order chi connectivity index (χ0) is 18.1. The summed E-state index contributed by atoms with van der Waals surface area (Å²) in [7, 11) is 0. The van der Waals surface area contributed by atoms with Crippen molar-refractivity contribution in [2.24, 2.45) is 5.41 Å². The van der Waals surface area contributed by atoms with Crippen LogP contribution >= 0.6 is 0 Å². The van der Waals surface area contributed by atoms with E-state index in [1.54, 1.807) is 0 Å². The molecular weight excluding hydrogens is 296 g/mol. The van der Waals surface area contributed by atoms with E-state index in [1.807, 2.05) is 41.5 Å². The molecule has 23 heavy (non-hydrogen) atoms. The van der Waals surface area contributed by atoms with Crippen molar-refractivity contribution >= 4 is 11.8 Å². The third-order valence-corrected chi connectivity index (χ3v) is 2.52. The molecule has 0 saturated heterocycles. The number of amides is 2. The SMILES string of the molecule is CC.CCC(=O)NCCOCCOCCNC(=O)CC(C)(C)C.[HH].[HH]. The van der Waals surface area contributed by atoms with Gasteiger partial charge in [-0.2, -0.15) is 0 Å². The van der Waals surface area contributed by atoms with Crippen LogP contribution < -0.4 is 10.6 Å². The number of ether oxygens (including phenoxy) is 2. The summed E-state index contributed by atoms with van der Waals surface area (Å²) in [5.74, 6) is 0.0786. The zero-order valence-corrected chi connectivity index (χ0v) is 15.8. The monoisotopic (exact) mass is 336 g/mol. The molecule has 0 bridgehead atoms. The molecule has 0 aromatic carbocycles. The molecule has 0 aliphatic heterocycles. The van der Waals surface area contributed by atoms with E-state index in [4.69, 9.17) is 9.47 Å². The van der Waals surface area contributed by atoms with Crippen LogP contribution in [0.1, 0.15) is 57.2 Å². The summed E-state index contributed by atoms with van der Waals surface area (Å²) in [5, 5.41) is 5.54. The summed E-state index contributed by atoms with van der Waals surface area (Å²) in [6, 6.07) is 0. The Morgan fingerprint density at radius 2 is 1.30 bits per heavy atom. The van der Waals surface area contributed by atoms with Crippen LogP contribution in [0.15, 0.2) is 0 Å². The Morgan fingerprint density at radius 1 is 0.870 bits per heavy atom. The normalized spacial score (nSPS) is 10.5. The molecule has 2 N–H and O–H groups in total. The lowest BCUT2D eigenvalue weighted by atomic mass is 9.92. The van der Waals surface area contributed by atoms with E-state index in [9.17, 15) is 9.59 Å². The lowest BCUT2D eigenvalue weighted by Gasteiger charge is -2.17. The number of carbonyl (C=O) groups excluding carboxylic acids is 2. The van der Waals surface area contributed by atoms with E-state index in [-0.39, 0.29) is 20.1 Å². The van der Waals surface area contributed by atoms with Crippen molar-refractivity contribution in [3.8, 4) is 0 Å². The molecule has 0 aromatic rings. The fraction of sp³-hybridized carbons (Fsp3) is 0.882. The lowest BCUT2D eigenvalue weighted by Crippen LogP contribution is -2.30. The molecule has 2 amide bonds. The smallest absolute Gasteiger partial charge is 0.220 e. The molecule has 0 aliphatic rings. The Balaban J connectivity index is -0.000000530. The molecule has 0 atom stereocenters. The number of nitrogens with one attached hydrogen (secondary N) is 2. The molecule has 0 saturated carbocycles. The third-order valence-electron chi connectivity index (χ3n) is 2.52. The lowest BCUT2D eigenvalue weighted by molar-refractivity contribution is -0.123. The van der Waals surface area contributed by atoms with Gasteiger partial charge in [-0.1, -0.05) is 41.5 Å². The molecule has 0 radical (unpaired) electrons. The van der Waals surface area contributed by atoms with Crippen molar-refractivity contribution in [1.29, 1.82) is 0 Å². The van der Waals surface area contributed by atoms with E-state index in [0.29, 0.717) is 52.4 Å². The Kier molecular flexibility index (Phi) is 16.5. The van der Waals surface area contributed by atoms with Crippen molar-refractivity contribution in [3.63, 3.8) is 0 Å². The van der Waals surface area contributed by atoms with Crippen LogP contribution in [0.2, 0.25) is 0 Å². The van der Waals surface area contributed by atoms with E-state index in [1.165, 1.54) is 0 Å². The second-order valence-electron chi connectivity index (χ2n) is 6.02. The van der Waals surface area contributed by atoms with Gasteiger partial charge in [0.15, 0.2) is 0 Å². The molecule has 0 rings (SSSR count). The first-order chi connectivity index (χ1) is 10.8. The molecule has 0 aliphatic carbocycles. The maximum Gasteiger partial charge on any atom is 0.220 e. The average molecular weight is 337 g/mol. The highest BCUT2D eigenvalue weighted by molar-refractivity contribution is 5.76. The minimum Gasteiger partial charge on any atom is -0.377 e. The van der Waals surface area contributed by atoms with Crippen molar-refractivity contribution in [1.82, 2.24) is 10.6 Å². The summed E-state index contributed by atoms with van der Waals surface area (Å²) in [6.07, 6.45) is 1.00. The van der Waals surface area contributed by atoms with Crippen molar-refractivity contribution < 1.29 is 21.9 Å². The Bertz CT molecular complexity index is 312. The predicted molar refractivity (Wildman–Crippen MR) is 97.6 cm³/mol. The molecule has 142 valence electrons. The van der Waals surface area contributed by atoms with Crippen LogP contribution in [0.5, 0.6) is 0 Å². The van der Waals surface area contributed by atoms with Gasteiger partial charge < -0.3 is 20.1 Å². The van der Waals surface area contributed by atoms with Crippen molar-refractivity contribution in [3.05, 3.63) is 0 Å². The highest BCUT2D eigenvalue weighted by atomic mass is 16.5. The Labute approximate surface area is 144 Å². The standard InChI is InChI=1S/C15H30N2O4.C2H6.2H2/c1-5-13(18)16-6-8-20-10-11-21-9-7-17-14(19)12-15(2,3)4;1-2;;/h5-12H2,1-4H3,(H,16,18)(H,17,19);1-2H3;2*1H. The van der Waals surface area contributed by atoms with Gasteiger partial charge in [-0.25, -0.2) is 0 Å². The van der Waals surface area contributed by atoms with Crippen LogP contribution in [0.3, 0.4) is 0 Å². The van der Waals surface area contributed by atoms with E-state index in [2.05, 4.69) is 10.6 Å². The summed E-state index contributed by atoms with van der Waals surface area (Å²) in [5.41, 5.74) is 0.00593. The third kappa shape index (κ3) is 20.9. The topological polar surface area (TPSA) is 76.7 Å². The van der Waals surface area contributed by atoms with Gasteiger partial charge in [0, 0.05) is 28.8 Å². The second kappa shape index (κ2) is 15.7. The first kappa shape index (κ1) is 24.1. The van der Waals surface area contributed by atoms with E-state index < -0.39 is 0 Å². The van der Waals surface area contributed by atoms with E-state index >= 15 is 0 Å². The molecular formula is C17H40N2O4. The maximum atomic E-state index is 11.5. The van der Waals surface area contributed by atoms with Gasteiger partial charge >= 0.3 is 0 Å². The highest BCUT2D eigenvalue weighted by Gasteiger charge is 2.15. The van der Waals surface area contributed by atoms with E-state index in [0.717, 1.165) is 0 Å². The summed E-state index contributed by atoms with van der Waals surface area (Å²) < 4.78 is 10.6. The molecule has 6 heteroatoms. The van der Waals surface area contributed by atoms with Crippen LogP contribution in [-0.4, -0.2) is 51.3 Å². The number of rotatable bonds is 11. The fourth-order valence-corrected chi connectivity index (χ4v) is 1.52. The minimum atomic E-state index is 0. The van der Waals surface area contributed by atoms with Gasteiger partial charge in [-0.05, 0) is 5.41 Å². The van der Waals surface area contributed by atoms with Crippen LogP contribution in [0, 0.1) is 5.41 Å². The molecule has 6 nitrogen and oxygen atoms in total. The summed E-state index contributed by atoms with van der Waals surface area (Å²) in [4.78, 5) is 22.5.